The summed E-state index contributed by atoms with van der Waals surface area (Å²) in [5.41, 5.74) is 15.6. The van der Waals surface area contributed by atoms with Gasteiger partial charge in [-0.25, -0.2) is 4.98 Å². The van der Waals surface area contributed by atoms with Gasteiger partial charge in [0.25, 0.3) is 0 Å². The molecule has 0 bridgehead atoms. The van der Waals surface area contributed by atoms with Crippen molar-refractivity contribution >= 4 is 109 Å². The second kappa shape index (κ2) is 16.0. The van der Waals surface area contributed by atoms with Crippen LogP contribution in [0.3, 0.4) is 0 Å². The monoisotopic (exact) mass is 984 g/mol. The Balaban J connectivity index is 0.926. The van der Waals surface area contributed by atoms with Gasteiger partial charge in [0.15, 0.2) is 11.6 Å². The van der Waals surface area contributed by atoms with Crippen molar-refractivity contribution in [1.82, 2.24) is 28.7 Å². The lowest BCUT2D eigenvalue weighted by atomic mass is 9.99. The Kier molecular flexibility index (Phi) is 8.68. The summed E-state index contributed by atoms with van der Waals surface area (Å²) in [6.45, 7) is 0. The summed E-state index contributed by atoms with van der Waals surface area (Å²) in [4.78, 5) is 16.6. The Morgan fingerprint density at radius 2 is 0.766 bits per heavy atom. The van der Waals surface area contributed by atoms with Gasteiger partial charge in [-0.1, -0.05) is 152 Å². The van der Waals surface area contributed by atoms with Gasteiger partial charge in [-0.15, -0.1) is 0 Å². The highest BCUT2D eigenvalue weighted by Crippen LogP contribution is 2.44. The predicted octanol–water partition coefficient (Wildman–Crippen LogP) is 18.0. The van der Waals surface area contributed by atoms with Gasteiger partial charge < -0.3 is 18.0 Å². The van der Waals surface area contributed by atoms with Crippen molar-refractivity contribution in [3.63, 3.8) is 0 Å². The van der Waals surface area contributed by atoms with E-state index in [2.05, 4.69) is 226 Å². The molecule has 8 heteroatoms. The summed E-state index contributed by atoms with van der Waals surface area (Å²) in [6.07, 6.45) is 0. The molecule has 8 nitrogen and oxygen atoms in total. The zero-order chi connectivity index (χ0) is 50.3. The molecule has 0 atom stereocenters. The summed E-state index contributed by atoms with van der Waals surface area (Å²) in [6, 6.07) is 85.5. The average molecular weight is 985 g/mol. The summed E-state index contributed by atoms with van der Waals surface area (Å²) in [7, 11) is 0. The van der Waals surface area contributed by atoms with Gasteiger partial charge in [0.2, 0.25) is 5.95 Å². The molecule has 0 saturated carbocycles. The van der Waals surface area contributed by atoms with E-state index in [0.29, 0.717) is 17.6 Å². The van der Waals surface area contributed by atoms with Crippen LogP contribution in [0.2, 0.25) is 0 Å². The molecule has 0 spiro atoms. The van der Waals surface area contributed by atoms with Gasteiger partial charge in [0, 0.05) is 76.4 Å². The highest BCUT2D eigenvalue weighted by molar-refractivity contribution is 6.24. The van der Waals surface area contributed by atoms with E-state index in [1.165, 1.54) is 16.3 Å². The Labute approximate surface area is 438 Å². The molecule has 0 radical (unpaired) electrons. The molecule has 0 unspecified atom stereocenters. The molecule has 0 aliphatic carbocycles. The van der Waals surface area contributed by atoms with Crippen LogP contribution in [0.25, 0.3) is 161 Å². The third kappa shape index (κ3) is 6.12. The highest BCUT2D eigenvalue weighted by atomic mass is 16.3. The fourth-order valence-electron chi connectivity index (χ4n) is 12.3. The number of aromatic nitrogens is 6. The second-order valence-electron chi connectivity index (χ2n) is 19.9. The Hall–Kier alpha value is -10.6. The van der Waals surface area contributed by atoms with Crippen molar-refractivity contribution in [1.29, 1.82) is 0 Å². The van der Waals surface area contributed by atoms with Crippen LogP contribution in [0.4, 0.5) is 0 Å². The van der Waals surface area contributed by atoms with Crippen LogP contribution in [0.15, 0.2) is 251 Å². The van der Waals surface area contributed by atoms with E-state index < -0.39 is 0 Å². The van der Waals surface area contributed by atoms with E-state index in [-0.39, 0.29) is 0 Å². The van der Waals surface area contributed by atoms with Gasteiger partial charge in [-0.2, -0.15) is 9.97 Å². The molecule has 0 aliphatic rings. The van der Waals surface area contributed by atoms with E-state index in [9.17, 15) is 0 Å². The number of para-hydroxylation sites is 6. The average Bonchev–Trinajstić information content (AvgIpc) is 4.50. The maximum atomic E-state index is 6.73. The largest absolute Gasteiger partial charge is 0.456 e. The Morgan fingerprint density at radius 3 is 1.51 bits per heavy atom. The maximum absolute atomic E-state index is 6.73. The third-order valence-corrected chi connectivity index (χ3v) is 15.7. The van der Waals surface area contributed by atoms with Crippen LogP contribution in [0.5, 0.6) is 0 Å². The lowest BCUT2D eigenvalue weighted by molar-refractivity contribution is 0.668. The third-order valence-electron chi connectivity index (χ3n) is 15.7. The van der Waals surface area contributed by atoms with E-state index in [4.69, 9.17) is 23.8 Å². The number of benzene rings is 11. The highest BCUT2D eigenvalue weighted by Gasteiger charge is 2.25. The van der Waals surface area contributed by atoms with Crippen molar-refractivity contribution < 1.29 is 8.83 Å². The quantitative estimate of drug-likeness (QED) is 0.166. The van der Waals surface area contributed by atoms with Gasteiger partial charge in [0.1, 0.15) is 22.3 Å². The summed E-state index contributed by atoms with van der Waals surface area (Å²) in [5, 5.41) is 10.9. The lowest BCUT2D eigenvalue weighted by Gasteiger charge is -2.13. The van der Waals surface area contributed by atoms with Crippen molar-refractivity contribution in [2.45, 2.75) is 0 Å². The molecule has 0 saturated heterocycles. The number of nitrogens with zero attached hydrogens (tertiary/aromatic N) is 6. The van der Waals surface area contributed by atoms with Crippen LogP contribution in [-0.4, -0.2) is 28.7 Å². The van der Waals surface area contributed by atoms with Crippen LogP contribution in [0.1, 0.15) is 0 Å². The summed E-state index contributed by atoms with van der Waals surface area (Å²) >= 11 is 0. The first-order valence-electron chi connectivity index (χ1n) is 25.9. The lowest BCUT2D eigenvalue weighted by Crippen LogP contribution is -2.07. The van der Waals surface area contributed by atoms with Crippen molar-refractivity contribution in [3.8, 4) is 51.2 Å². The molecule has 11 aromatic carbocycles. The topological polar surface area (TPSA) is 79.7 Å². The summed E-state index contributed by atoms with van der Waals surface area (Å²) < 4.78 is 20.2. The van der Waals surface area contributed by atoms with Gasteiger partial charge in [0.05, 0.1) is 33.1 Å². The number of hydrogen-bond donors (Lipinski definition) is 0. The Bertz CT molecular complexity index is 5290. The van der Waals surface area contributed by atoms with Crippen molar-refractivity contribution in [2.24, 2.45) is 0 Å². The SMILES string of the molecule is c1ccc(-n2c3ccccc3c3cc(-c4ccc5oc6cccc(-c7nc(-c8ccc9c(c8)oc8ccccc89)nc(-n8c9ccccc9c9ccc%10c%11ccccc%11n(-c%11ccccc%11)c%10c98)n7)c6c5c4)ccc32)cc1. The molecule has 0 amide bonds. The number of rotatable bonds is 6. The van der Waals surface area contributed by atoms with E-state index >= 15 is 0 Å². The maximum Gasteiger partial charge on any atom is 0.238 e. The van der Waals surface area contributed by atoms with E-state index in [1.807, 2.05) is 30.3 Å². The smallest absolute Gasteiger partial charge is 0.238 e. The van der Waals surface area contributed by atoms with Crippen molar-refractivity contribution in [2.75, 3.05) is 0 Å². The molecule has 0 N–H and O–H groups in total. The molecular formula is C69H40N6O2. The fourth-order valence-corrected chi connectivity index (χ4v) is 12.3. The molecule has 0 aliphatic heterocycles. The normalized spacial score (nSPS) is 12.2. The molecule has 6 heterocycles. The van der Waals surface area contributed by atoms with Crippen LogP contribution in [-0.2, 0) is 0 Å². The number of fused-ring (bicyclic) bond motifs is 16. The molecule has 17 aromatic rings. The minimum absolute atomic E-state index is 0.492. The minimum atomic E-state index is 0.492. The van der Waals surface area contributed by atoms with Crippen LogP contribution in [0, 0.1) is 0 Å². The first-order chi connectivity index (χ1) is 38.2. The van der Waals surface area contributed by atoms with Gasteiger partial charge in [-0.05, 0) is 102 Å². The predicted molar refractivity (Wildman–Crippen MR) is 314 cm³/mol. The zero-order valence-electron chi connectivity index (χ0n) is 41.1. The zero-order valence-corrected chi connectivity index (χ0v) is 41.1. The summed E-state index contributed by atoms with van der Waals surface area (Å²) in [5.74, 6) is 1.53. The molecule has 77 heavy (non-hydrogen) atoms. The number of hydrogen-bond acceptors (Lipinski definition) is 5. The minimum Gasteiger partial charge on any atom is -0.456 e. The standard InChI is InChI=1S/C69H40N6O2/c1-3-16-44(17-4-1)73-56-25-11-9-22-48(56)54-38-41(31-36-59(54)73)42-32-37-61-55(39-42)64-53(24-15-29-62(64)76-61)68-70-67(43-30-33-50-49-23-10-14-28-60(49)77-63(50)40-43)71-69(72-68)75-58-27-13-8-21-47(58)52-35-34-51-46-20-7-12-26-57(46)74(65(51)66(52)75)45-18-5-2-6-19-45/h1-40H. The molecule has 358 valence electrons. The van der Waals surface area contributed by atoms with Crippen LogP contribution < -0.4 is 0 Å². The second-order valence-corrected chi connectivity index (χ2v) is 19.9. The molecular weight excluding hydrogens is 945 g/mol. The fraction of sp³-hybridized carbons (Fsp3) is 0. The number of furan rings is 2. The van der Waals surface area contributed by atoms with Gasteiger partial charge in [-0.3, -0.25) is 4.57 Å². The molecule has 0 fully saturated rings. The van der Waals surface area contributed by atoms with Gasteiger partial charge >= 0.3 is 0 Å². The first kappa shape index (κ1) is 41.9. The Morgan fingerprint density at radius 1 is 0.273 bits per heavy atom. The first-order valence-corrected chi connectivity index (χ1v) is 25.9. The molecule has 17 rings (SSSR count). The molecule has 6 aromatic heterocycles. The van der Waals surface area contributed by atoms with Crippen molar-refractivity contribution in [3.05, 3.63) is 243 Å². The van der Waals surface area contributed by atoms with E-state index in [1.54, 1.807) is 0 Å². The van der Waals surface area contributed by atoms with Crippen LogP contribution >= 0.6 is 0 Å². The van der Waals surface area contributed by atoms with E-state index in [0.717, 1.165) is 127 Å².